The summed E-state index contributed by atoms with van der Waals surface area (Å²) in [6.07, 6.45) is 3.20. The molecule has 2 rings (SSSR count). The second-order valence-corrected chi connectivity index (χ2v) is 5.47. The van der Waals surface area contributed by atoms with Crippen molar-refractivity contribution in [1.29, 1.82) is 0 Å². The molecule has 1 aromatic rings. The van der Waals surface area contributed by atoms with Gasteiger partial charge in [0, 0.05) is 26.7 Å². The smallest absolute Gasteiger partial charge is 0.225 e. The van der Waals surface area contributed by atoms with Gasteiger partial charge in [0.15, 0.2) is 0 Å². The van der Waals surface area contributed by atoms with Gasteiger partial charge in [-0.05, 0) is 30.4 Å². The Kier molecular flexibility index (Phi) is 5.15. The predicted molar refractivity (Wildman–Crippen MR) is 79.5 cm³/mol. The third kappa shape index (κ3) is 3.38. The van der Waals surface area contributed by atoms with E-state index >= 15 is 0 Å². The normalized spacial score (nSPS) is 19.2. The van der Waals surface area contributed by atoms with Crippen LogP contribution in [0.2, 0.25) is 0 Å². The monoisotopic (exact) mass is 276 g/mol. The van der Waals surface area contributed by atoms with E-state index in [1.807, 2.05) is 11.9 Å². The van der Waals surface area contributed by atoms with Crippen LogP contribution in [0.1, 0.15) is 24.0 Å². The Balaban J connectivity index is 1.97. The van der Waals surface area contributed by atoms with Gasteiger partial charge in [0.2, 0.25) is 5.91 Å². The van der Waals surface area contributed by atoms with Gasteiger partial charge in [0.05, 0.1) is 12.5 Å². The molecule has 0 bridgehead atoms. The highest BCUT2D eigenvalue weighted by Crippen LogP contribution is 2.24. The largest absolute Gasteiger partial charge is 0.380 e. The Bertz CT molecular complexity index is 458. The summed E-state index contributed by atoms with van der Waals surface area (Å²) in [5.74, 6) is 0.117. The number of rotatable bonds is 5. The third-order valence-electron chi connectivity index (χ3n) is 4.26. The Labute approximate surface area is 120 Å². The molecule has 110 valence electrons. The molecule has 0 unspecified atom stereocenters. The van der Waals surface area contributed by atoms with Crippen molar-refractivity contribution < 1.29 is 9.53 Å². The summed E-state index contributed by atoms with van der Waals surface area (Å²) >= 11 is 0. The number of fused-ring (bicyclic) bond motifs is 1. The topological polar surface area (TPSA) is 55.6 Å². The van der Waals surface area contributed by atoms with Crippen molar-refractivity contribution in [2.75, 3.05) is 20.7 Å². The van der Waals surface area contributed by atoms with E-state index in [0.717, 1.165) is 19.3 Å². The van der Waals surface area contributed by atoms with Crippen LogP contribution in [0.15, 0.2) is 24.3 Å². The molecule has 1 aromatic carbocycles. The number of likely N-dealkylation sites (N-methyl/N-ethyl adjacent to an activating group) is 1. The fourth-order valence-corrected chi connectivity index (χ4v) is 2.81. The Morgan fingerprint density at radius 1 is 1.45 bits per heavy atom. The molecule has 0 saturated heterocycles. The number of ether oxygens (including phenoxy) is 1. The number of aryl methyl sites for hydroxylation is 1. The number of methoxy groups -OCH3 is 1. The highest BCUT2D eigenvalue weighted by Gasteiger charge is 2.26. The molecule has 0 saturated carbocycles. The number of hydrogen-bond donors (Lipinski definition) is 1. The lowest BCUT2D eigenvalue weighted by Crippen LogP contribution is -2.42. The van der Waals surface area contributed by atoms with Gasteiger partial charge in [-0.15, -0.1) is 0 Å². The molecule has 0 fully saturated rings. The lowest BCUT2D eigenvalue weighted by atomic mass is 9.87. The van der Waals surface area contributed by atoms with E-state index in [-0.39, 0.29) is 18.1 Å². The van der Waals surface area contributed by atoms with Crippen molar-refractivity contribution in [2.24, 2.45) is 5.73 Å². The fraction of sp³-hybridized carbons (Fsp3) is 0.562. The second-order valence-electron chi connectivity index (χ2n) is 5.47. The Hall–Kier alpha value is -1.39. The highest BCUT2D eigenvalue weighted by molar-refractivity contribution is 5.76. The minimum absolute atomic E-state index is 0.117. The molecule has 0 aromatic heterocycles. The van der Waals surface area contributed by atoms with Crippen molar-refractivity contribution in [2.45, 2.75) is 37.8 Å². The van der Waals surface area contributed by atoms with Gasteiger partial charge in [-0.3, -0.25) is 4.79 Å². The van der Waals surface area contributed by atoms with Gasteiger partial charge >= 0.3 is 0 Å². The van der Waals surface area contributed by atoms with Crippen LogP contribution < -0.4 is 5.73 Å². The van der Waals surface area contributed by atoms with E-state index in [9.17, 15) is 4.79 Å². The molecule has 1 aliphatic rings. The lowest BCUT2D eigenvalue weighted by Gasteiger charge is -2.33. The van der Waals surface area contributed by atoms with E-state index in [4.69, 9.17) is 10.5 Å². The zero-order chi connectivity index (χ0) is 14.5. The van der Waals surface area contributed by atoms with Crippen LogP contribution in [-0.4, -0.2) is 43.7 Å². The summed E-state index contributed by atoms with van der Waals surface area (Å²) < 4.78 is 5.19. The molecule has 1 aliphatic carbocycles. The van der Waals surface area contributed by atoms with Gasteiger partial charge in [-0.1, -0.05) is 24.3 Å². The first-order valence-electron chi connectivity index (χ1n) is 7.21. The first-order valence-corrected chi connectivity index (χ1v) is 7.21. The van der Waals surface area contributed by atoms with Crippen molar-refractivity contribution in [1.82, 2.24) is 4.90 Å². The van der Waals surface area contributed by atoms with E-state index < -0.39 is 0 Å². The number of hydrogen-bond acceptors (Lipinski definition) is 3. The van der Waals surface area contributed by atoms with Crippen LogP contribution in [0, 0.1) is 0 Å². The van der Waals surface area contributed by atoms with Crippen molar-refractivity contribution >= 4 is 5.91 Å². The summed E-state index contributed by atoms with van der Waals surface area (Å²) in [6.45, 7) is 0.379. The van der Waals surface area contributed by atoms with Crippen LogP contribution >= 0.6 is 0 Å². The number of nitrogens with two attached hydrogens (primary N) is 1. The SMILES string of the molecule is CO[C@H](CN)CC(=O)N(C)[C@@H]1CCc2ccccc2C1. The number of carbonyl (C=O) groups is 1. The molecule has 4 heteroatoms. The summed E-state index contributed by atoms with van der Waals surface area (Å²) in [6, 6.07) is 8.78. The average molecular weight is 276 g/mol. The number of benzene rings is 1. The predicted octanol–water partition coefficient (Wildman–Crippen LogP) is 1.37. The average Bonchev–Trinajstić information content (AvgIpc) is 2.51. The van der Waals surface area contributed by atoms with Crippen molar-refractivity contribution in [3.8, 4) is 0 Å². The van der Waals surface area contributed by atoms with Crippen molar-refractivity contribution in [3.63, 3.8) is 0 Å². The molecule has 0 aliphatic heterocycles. The standard InChI is InChI=1S/C16H24N2O2/c1-18(16(19)10-15(11-17)20-2)14-8-7-12-5-3-4-6-13(12)9-14/h3-6,14-15H,7-11,17H2,1-2H3/t14-,15+/m1/s1. The van der Waals surface area contributed by atoms with Crippen molar-refractivity contribution in [3.05, 3.63) is 35.4 Å². The molecule has 0 spiro atoms. The van der Waals surface area contributed by atoms with Gasteiger partial charge in [-0.25, -0.2) is 0 Å². The zero-order valence-electron chi connectivity index (χ0n) is 12.3. The van der Waals surface area contributed by atoms with Gasteiger partial charge in [0.25, 0.3) is 0 Å². The fourth-order valence-electron chi connectivity index (χ4n) is 2.81. The van der Waals surface area contributed by atoms with Gasteiger partial charge < -0.3 is 15.4 Å². The number of amides is 1. The summed E-state index contributed by atoms with van der Waals surface area (Å²) in [4.78, 5) is 14.1. The molecule has 1 amide bonds. The minimum Gasteiger partial charge on any atom is -0.380 e. The highest BCUT2D eigenvalue weighted by atomic mass is 16.5. The van der Waals surface area contributed by atoms with E-state index in [1.165, 1.54) is 11.1 Å². The minimum atomic E-state index is -0.180. The van der Waals surface area contributed by atoms with Crippen LogP contribution in [0.25, 0.3) is 0 Å². The maximum atomic E-state index is 12.3. The molecular weight excluding hydrogens is 252 g/mol. The molecular formula is C16H24N2O2. The van der Waals surface area contributed by atoms with Crippen LogP contribution in [-0.2, 0) is 22.4 Å². The Morgan fingerprint density at radius 2 is 2.15 bits per heavy atom. The summed E-state index contributed by atoms with van der Waals surface area (Å²) in [7, 11) is 3.49. The zero-order valence-corrected chi connectivity index (χ0v) is 12.3. The summed E-state index contributed by atoms with van der Waals surface area (Å²) in [5.41, 5.74) is 8.36. The van der Waals surface area contributed by atoms with E-state index in [1.54, 1.807) is 7.11 Å². The van der Waals surface area contributed by atoms with E-state index in [0.29, 0.717) is 13.0 Å². The quantitative estimate of drug-likeness (QED) is 0.883. The third-order valence-corrected chi connectivity index (χ3v) is 4.26. The molecule has 20 heavy (non-hydrogen) atoms. The van der Waals surface area contributed by atoms with E-state index in [2.05, 4.69) is 24.3 Å². The molecule has 0 radical (unpaired) electrons. The van der Waals surface area contributed by atoms with Crippen LogP contribution in [0.3, 0.4) is 0 Å². The lowest BCUT2D eigenvalue weighted by molar-refractivity contribution is -0.134. The molecule has 2 atom stereocenters. The number of carbonyl (C=O) groups excluding carboxylic acids is 1. The first kappa shape index (κ1) is 15.0. The maximum absolute atomic E-state index is 12.3. The maximum Gasteiger partial charge on any atom is 0.225 e. The van der Waals surface area contributed by atoms with Gasteiger partial charge in [-0.2, -0.15) is 0 Å². The summed E-state index contributed by atoms with van der Waals surface area (Å²) in [5, 5.41) is 0. The second kappa shape index (κ2) is 6.86. The van der Waals surface area contributed by atoms with Crippen LogP contribution in [0.5, 0.6) is 0 Å². The first-order chi connectivity index (χ1) is 9.65. The van der Waals surface area contributed by atoms with Crippen LogP contribution in [0.4, 0.5) is 0 Å². The number of nitrogens with zero attached hydrogens (tertiary/aromatic N) is 1. The molecule has 4 nitrogen and oxygen atoms in total. The van der Waals surface area contributed by atoms with Gasteiger partial charge in [0.1, 0.15) is 0 Å². The molecule has 2 N–H and O–H groups in total. The Morgan fingerprint density at radius 3 is 2.80 bits per heavy atom. The molecule has 0 heterocycles.